The van der Waals surface area contributed by atoms with Crippen molar-refractivity contribution in [2.75, 3.05) is 48.4 Å². The van der Waals surface area contributed by atoms with Crippen LogP contribution >= 0.6 is 0 Å². The lowest BCUT2D eigenvalue weighted by Crippen LogP contribution is -2.36. The summed E-state index contributed by atoms with van der Waals surface area (Å²) in [5.74, 6) is -0.552. The molecule has 27 heavy (non-hydrogen) atoms. The number of nitrogens with zero attached hydrogens (tertiary/aromatic N) is 1. The van der Waals surface area contributed by atoms with Crippen molar-refractivity contribution in [1.29, 1.82) is 0 Å². The molecule has 0 unspecified atom stereocenters. The van der Waals surface area contributed by atoms with E-state index in [1.807, 2.05) is 24.3 Å². The SMILES string of the molecule is O=C(CNc1ccccc1N1CCOCC1)Nc1ccccc1C(F)(F)F. The molecule has 0 saturated carbocycles. The average Bonchev–Trinajstić information content (AvgIpc) is 2.67. The summed E-state index contributed by atoms with van der Waals surface area (Å²) in [5.41, 5.74) is 0.563. The van der Waals surface area contributed by atoms with Crippen molar-refractivity contribution in [3.63, 3.8) is 0 Å². The molecule has 3 rings (SSSR count). The van der Waals surface area contributed by atoms with Gasteiger partial charge < -0.3 is 20.3 Å². The number of carbonyl (C=O) groups is 1. The number of morpholine rings is 1. The topological polar surface area (TPSA) is 53.6 Å². The van der Waals surface area contributed by atoms with E-state index < -0.39 is 17.6 Å². The van der Waals surface area contributed by atoms with Gasteiger partial charge in [-0.2, -0.15) is 13.2 Å². The van der Waals surface area contributed by atoms with Crippen LogP contribution in [0.3, 0.4) is 0 Å². The lowest BCUT2D eigenvalue weighted by molar-refractivity contribution is -0.137. The molecule has 1 amide bonds. The molecular weight excluding hydrogens is 359 g/mol. The Bertz CT molecular complexity index is 790. The number of halogens is 3. The Kier molecular flexibility index (Phi) is 5.85. The van der Waals surface area contributed by atoms with Crippen LogP contribution in [0.25, 0.3) is 0 Å². The maximum atomic E-state index is 13.0. The molecule has 1 fully saturated rings. The van der Waals surface area contributed by atoms with Crippen LogP contribution in [-0.4, -0.2) is 38.8 Å². The molecule has 2 aromatic rings. The summed E-state index contributed by atoms with van der Waals surface area (Å²) in [6.07, 6.45) is -4.53. The van der Waals surface area contributed by atoms with Gasteiger partial charge in [0.1, 0.15) is 0 Å². The van der Waals surface area contributed by atoms with E-state index in [1.54, 1.807) is 0 Å². The van der Waals surface area contributed by atoms with Gasteiger partial charge in [-0.1, -0.05) is 24.3 Å². The van der Waals surface area contributed by atoms with Gasteiger partial charge in [-0.3, -0.25) is 4.79 Å². The summed E-state index contributed by atoms with van der Waals surface area (Å²) in [7, 11) is 0. The fraction of sp³-hybridized carbons (Fsp3) is 0.316. The van der Waals surface area contributed by atoms with Gasteiger partial charge in [-0.05, 0) is 24.3 Å². The Morgan fingerprint density at radius 1 is 1.00 bits per heavy atom. The number of rotatable bonds is 5. The van der Waals surface area contributed by atoms with Crippen LogP contribution in [0.5, 0.6) is 0 Å². The lowest BCUT2D eigenvalue weighted by atomic mass is 10.1. The highest BCUT2D eigenvalue weighted by Gasteiger charge is 2.33. The quantitative estimate of drug-likeness (QED) is 0.834. The zero-order valence-corrected chi connectivity index (χ0v) is 14.6. The number of anilines is 3. The molecule has 144 valence electrons. The molecule has 0 atom stereocenters. The third-order valence-corrected chi connectivity index (χ3v) is 4.20. The van der Waals surface area contributed by atoms with Crippen LogP contribution < -0.4 is 15.5 Å². The first-order valence-electron chi connectivity index (χ1n) is 8.57. The van der Waals surface area contributed by atoms with Gasteiger partial charge in [0, 0.05) is 13.1 Å². The zero-order valence-electron chi connectivity index (χ0n) is 14.6. The van der Waals surface area contributed by atoms with Gasteiger partial charge in [-0.25, -0.2) is 0 Å². The number of para-hydroxylation sites is 3. The summed E-state index contributed by atoms with van der Waals surface area (Å²) in [6, 6.07) is 12.4. The molecule has 1 saturated heterocycles. The van der Waals surface area contributed by atoms with Gasteiger partial charge >= 0.3 is 6.18 Å². The Morgan fingerprint density at radius 3 is 2.33 bits per heavy atom. The summed E-state index contributed by atoms with van der Waals surface area (Å²) < 4.78 is 44.4. The molecule has 0 spiro atoms. The van der Waals surface area contributed by atoms with E-state index >= 15 is 0 Å². The molecule has 8 heteroatoms. The first-order valence-corrected chi connectivity index (χ1v) is 8.57. The first kappa shape index (κ1) is 19.0. The Hall–Kier alpha value is -2.74. The van der Waals surface area contributed by atoms with Crippen LogP contribution in [0.2, 0.25) is 0 Å². The van der Waals surface area contributed by atoms with Gasteiger partial charge in [0.15, 0.2) is 0 Å². The number of alkyl halides is 3. The molecule has 1 aliphatic heterocycles. The fourth-order valence-electron chi connectivity index (χ4n) is 2.91. The number of nitrogens with one attached hydrogen (secondary N) is 2. The van der Waals surface area contributed by atoms with Crippen molar-refractivity contribution in [3.05, 3.63) is 54.1 Å². The maximum absolute atomic E-state index is 13.0. The number of carbonyl (C=O) groups excluding carboxylic acids is 1. The number of benzene rings is 2. The molecule has 0 bridgehead atoms. The summed E-state index contributed by atoms with van der Waals surface area (Å²) in [6.45, 7) is 2.59. The number of hydrogen-bond acceptors (Lipinski definition) is 4. The molecule has 5 nitrogen and oxygen atoms in total. The normalized spacial score (nSPS) is 14.7. The summed E-state index contributed by atoms with van der Waals surface area (Å²) in [5, 5.41) is 5.34. The van der Waals surface area contributed by atoms with Crippen LogP contribution in [-0.2, 0) is 15.7 Å². The van der Waals surface area contributed by atoms with Crippen LogP contribution in [0.15, 0.2) is 48.5 Å². The minimum absolute atomic E-state index is 0.145. The summed E-state index contributed by atoms with van der Waals surface area (Å²) in [4.78, 5) is 14.3. The predicted octanol–water partition coefficient (Wildman–Crippen LogP) is 3.59. The van der Waals surface area contributed by atoms with Gasteiger partial charge in [0.2, 0.25) is 5.91 Å². The third kappa shape index (κ3) is 4.91. The molecule has 0 aromatic heterocycles. The van der Waals surface area contributed by atoms with Crippen molar-refractivity contribution < 1.29 is 22.7 Å². The van der Waals surface area contributed by atoms with Crippen molar-refractivity contribution in [2.24, 2.45) is 0 Å². The van der Waals surface area contributed by atoms with Crippen LogP contribution in [0, 0.1) is 0 Å². The first-order chi connectivity index (χ1) is 12.9. The second-order valence-corrected chi connectivity index (χ2v) is 6.06. The van der Waals surface area contributed by atoms with E-state index in [0.717, 1.165) is 30.5 Å². The Labute approximate surface area is 155 Å². The van der Waals surface area contributed by atoms with E-state index in [4.69, 9.17) is 4.74 Å². The van der Waals surface area contributed by atoms with E-state index in [9.17, 15) is 18.0 Å². The van der Waals surface area contributed by atoms with Crippen molar-refractivity contribution in [2.45, 2.75) is 6.18 Å². The second-order valence-electron chi connectivity index (χ2n) is 6.06. The van der Waals surface area contributed by atoms with Crippen LogP contribution in [0.1, 0.15) is 5.56 Å². The highest BCUT2D eigenvalue weighted by Crippen LogP contribution is 2.34. The molecule has 0 aliphatic carbocycles. The van der Waals surface area contributed by atoms with E-state index in [0.29, 0.717) is 13.2 Å². The van der Waals surface area contributed by atoms with E-state index in [1.165, 1.54) is 18.2 Å². The molecule has 1 aliphatic rings. The maximum Gasteiger partial charge on any atom is 0.418 e. The number of hydrogen-bond donors (Lipinski definition) is 2. The standard InChI is InChI=1S/C19H20F3N3O2/c20-19(21,22)14-5-1-2-6-15(14)24-18(26)13-23-16-7-3-4-8-17(16)25-9-11-27-12-10-25/h1-8,23H,9-13H2,(H,24,26). The second kappa shape index (κ2) is 8.30. The van der Waals surface area contributed by atoms with E-state index in [-0.39, 0.29) is 12.2 Å². The molecule has 2 aromatic carbocycles. The summed E-state index contributed by atoms with van der Waals surface area (Å²) >= 11 is 0. The zero-order chi connectivity index (χ0) is 19.3. The van der Waals surface area contributed by atoms with E-state index in [2.05, 4.69) is 15.5 Å². The van der Waals surface area contributed by atoms with Gasteiger partial charge in [0.25, 0.3) is 0 Å². The van der Waals surface area contributed by atoms with Gasteiger partial charge in [-0.15, -0.1) is 0 Å². The minimum atomic E-state index is -4.53. The smallest absolute Gasteiger partial charge is 0.378 e. The number of amides is 1. The highest BCUT2D eigenvalue weighted by molar-refractivity contribution is 5.95. The third-order valence-electron chi connectivity index (χ3n) is 4.20. The Balaban J connectivity index is 1.65. The average molecular weight is 379 g/mol. The molecular formula is C19H20F3N3O2. The molecule has 1 heterocycles. The highest BCUT2D eigenvalue weighted by atomic mass is 19.4. The monoisotopic (exact) mass is 379 g/mol. The lowest BCUT2D eigenvalue weighted by Gasteiger charge is -2.30. The Morgan fingerprint density at radius 2 is 1.63 bits per heavy atom. The van der Waals surface area contributed by atoms with Crippen LogP contribution in [0.4, 0.5) is 30.2 Å². The fourth-order valence-corrected chi connectivity index (χ4v) is 2.91. The van der Waals surface area contributed by atoms with Gasteiger partial charge in [0.05, 0.1) is 42.4 Å². The molecule has 0 radical (unpaired) electrons. The van der Waals surface area contributed by atoms with Crippen molar-refractivity contribution in [3.8, 4) is 0 Å². The molecule has 2 N–H and O–H groups in total. The predicted molar refractivity (Wildman–Crippen MR) is 98.0 cm³/mol. The minimum Gasteiger partial charge on any atom is -0.378 e. The largest absolute Gasteiger partial charge is 0.418 e. The van der Waals surface area contributed by atoms with Crippen molar-refractivity contribution >= 4 is 23.0 Å². The van der Waals surface area contributed by atoms with Crippen molar-refractivity contribution in [1.82, 2.24) is 0 Å². The number of ether oxygens (including phenoxy) is 1.